The maximum atomic E-state index is 13.1. The maximum Gasteiger partial charge on any atom is 0.259 e. The number of hydrogen-bond acceptors (Lipinski definition) is 6. The number of piperidine rings is 1. The third kappa shape index (κ3) is 4.62. The van der Waals surface area contributed by atoms with E-state index in [0.29, 0.717) is 30.4 Å². The van der Waals surface area contributed by atoms with E-state index in [1.807, 2.05) is 31.2 Å². The molecule has 2 aliphatic rings. The van der Waals surface area contributed by atoms with E-state index >= 15 is 0 Å². The van der Waals surface area contributed by atoms with Crippen LogP contribution in [0.25, 0.3) is 0 Å². The number of carbonyl (C=O) groups excluding carboxylic acids is 1. The van der Waals surface area contributed by atoms with Crippen LogP contribution in [0.3, 0.4) is 0 Å². The summed E-state index contributed by atoms with van der Waals surface area (Å²) >= 11 is 0. The summed E-state index contributed by atoms with van der Waals surface area (Å²) in [6.45, 7) is 4.84. The normalized spacial score (nSPS) is 19.9. The molecule has 2 aromatic rings. The summed E-state index contributed by atoms with van der Waals surface area (Å²) in [5, 5.41) is 3.32. The van der Waals surface area contributed by atoms with Crippen LogP contribution in [0.4, 0.5) is 0 Å². The number of amides is 1. The number of rotatable bonds is 5. The highest BCUT2D eigenvalue weighted by Gasteiger charge is 2.29. The second-order valence-corrected chi connectivity index (χ2v) is 7.53. The maximum absolute atomic E-state index is 13.1. The van der Waals surface area contributed by atoms with Gasteiger partial charge in [-0.15, -0.1) is 0 Å². The highest BCUT2D eigenvalue weighted by molar-refractivity contribution is 5.96. The van der Waals surface area contributed by atoms with Gasteiger partial charge in [-0.05, 0) is 56.6 Å². The van der Waals surface area contributed by atoms with Crippen LogP contribution < -0.4 is 19.5 Å². The van der Waals surface area contributed by atoms with E-state index in [0.717, 1.165) is 37.2 Å². The minimum atomic E-state index is -0.167. The number of ether oxygens (including phenoxy) is 3. The molecular formula is C22H27N3O4. The number of nitrogens with one attached hydrogen (secondary N) is 1. The minimum absolute atomic E-state index is 0.0823. The van der Waals surface area contributed by atoms with E-state index in [4.69, 9.17) is 14.2 Å². The van der Waals surface area contributed by atoms with Crippen molar-refractivity contribution in [2.24, 2.45) is 0 Å². The van der Waals surface area contributed by atoms with Crippen molar-refractivity contribution < 1.29 is 19.0 Å². The molecule has 2 aliphatic heterocycles. The first-order valence-electron chi connectivity index (χ1n) is 10.1. The second kappa shape index (κ2) is 8.69. The Morgan fingerprint density at radius 1 is 1.17 bits per heavy atom. The zero-order chi connectivity index (χ0) is 20.2. The summed E-state index contributed by atoms with van der Waals surface area (Å²) in [5.41, 5.74) is 1.51. The van der Waals surface area contributed by atoms with Gasteiger partial charge in [0.1, 0.15) is 23.5 Å². The molecule has 1 N–H and O–H groups in total. The molecule has 1 unspecified atom stereocenters. The van der Waals surface area contributed by atoms with Crippen molar-refractivity contribution in [3.05, 3.63) is 47.5 Å². The molecule has 1 aromatic carbocycles. The van der Waals surface area contributed by atoms with Crippen molar-refractivity contribution in [1.29, 1.82) is 0 Å². The van der Waals surface area contributed by atoms with Gasteiger partial charge in [0.2, 0.25) is 11.8 Å². The topological polar surface area (TPSA) is 72.9 Å². The van der Waals surface area contributed by atoms with Gasteiger partial charge < -0.3 is 24.4 Å². The fraction of sp³-hybridized carbons (Fsp3) is 0.455. The van der Waals surface area contributed by atoms with Crippen LogP contribution in [0.15, 0.2) is 36.4 Å². The first-order chi connectivity index (χ1) is 14.1. The highest BCUT2D eigenvalue weighted by atomic mass is 16.5. The monoisotopic (exact) mass is 397 g/mol. The molecule has 0 aliphatic carbocycles. The molecule has 7 heteroatoms. The summed E-state index contributed by atoms with van der Waals surface area (Å²) in [6, 6.07) is 11.3. The Morgan fingerprint density at radius 2 is 1.93 bits per heavy atom. The third-order valence-corrected chi connectivity index (χ3v) is 5.25. The molecule has 4 rings (SSSR count). The molecule has 0 bridgehead atoms. The molecule has 1 amide bonds. The average Bonchev–Trinajstić information content (AvgIpc) is 2.85. The van der Waals surface area contributed by atoms with E-state index in [1.165, 1.54) is 0 Å². The number of pyridine rings is 1. The smallest absolute Gasteiger partial charge is 0.259 e. The van der Waals surface area contributed by atoms with Gasteiger partial charge in [-0.2, -0.15) is 4.98 Å². The van der Waals surface area contributed by atoms with Crippen LogP contribution in [0.1, 0.15) is 35.7 Å². The molecular weight excluding hydrogens is 370 g/mol. The number of nitrogens with zero attached hydrogens (tertiary/aromatic N) is 2. The number of hydrogen-bond donors (Lipinski definition) is 1. The summed E-state index contributed by atoms with van der Waals surface area (Å²) in [4.78, 5) is 19.4. The lowest BCUT2D eigenvalue weighted by Crippen LogP contribution is -2.35. The lowest BCUT2D eigenvalue weighted by atomic mass is 10.1. The van der Waals surface area contributed by atoms with Crippen LogP contribution in [-0.2, 0) is 6.54 Å². The number of benzene rings is 1. The van der Waals surface area contributed by atoms with Gasteiger partial charge in [-0.25, -0.2) is 0 Å². The molecule has 0 radical (unpaired) electrons. The predicted molar refractivity (Wildman–Crippen MR) is 109 cm³/mol. The Labute approximate surface area is 171 Å². The molecule has 3 heterocycles. The van der Waals surface area contributed by atoms with Gasteiger partial charge in [0.25, 0.3) is 5.91 Å². The van der Waals surface area contributed by atoms with E-state index in [-0.39, 0.29) is 18.1 Å². The Balaban J connectivity index is 1.51. The molecule has 7 nitrogen and oxygen atoms in total. The van der Waals surface area contributed by atoms with Crippen molar-refractivity contribution in [2.45, 2.75) is 38.5 Å². The van der Waals surface area contributed by atoms with Gasteiger partial charge in [-0.1, -0.05) is 12.1 Å². The zero-order valence-corrected chi connectivity index (χ0v) is 16.9. The van der Waals surface area contributed by atoms with Gasteiger partial charge in [-0.3, -0.25) is 4.79 Å². The number of carbonyl (C=O) groups is 1. The average molecular weight is 397 g/mol. The Bertz CT molecular complexity index is 850. The SMILES string of the molecule is COc1ccc(CN2CC(C)Oc3nc(OC4CCNCC4)ccc3C2=O)cc1. The molecule has 29 heavy (non-hydrogen) atoms. The van der Waals surface area contributed by atoms with Gasteiger partial charge in [0.15, 0.2) is 0 Å². The lowest BCUT2D eigenvalue weighted by molar-refractivity contribution is 0.0705. The largest absolute Gasteiger partial charge is 0.497 e. The van der Waals surface area contributed by atoms with Gasteiger partial charge >= 0.3 is 0 Å². The zero-order valence-electron chi connectivity index (χ0n) is 16.9. The van der Waals surface area contributed by atoms with Crippen molar-refractivity contribution in [2.75, 3.05) is 26.7 Å². The van der Waals surface area contributed by atoms with Crippen molar-refractivity contribution in [3.63, 3.8) is 0 Å². The Morgan fingerprint density at radius 3 is 2.66 bits per heavy atom. The standard InChI is InChI=1S/C22H27N3O4/c1-15-13-25(14-16-3-5-17(27-2)6-4-16)22(26)19-7-8-20(24-21(19)28-15)29-18-9-11-23-12-10-18/h3-8,15,18,23H,9-14H2,1-2H3. The van der Waals surface area contributed by atoms with Crippen molar-refractivity contribution in [3.8, 4) is 17.5 Å². The van der Waals surface area contributed by atoms with Gasteiger partial charge in [0, 0.05) is 12.6 Å². The summed E-state index contributed by atoms with van der Waals surface area (Å²) in [7, 11) is 1.64. The van der Waals surface area contributed by atoms with Crippen LogP contribution in [0.5, 0.6) is 17.5 Å². The summed E-state index contributed by atoms with van der Waals surface area (Å²) < 4.78 is 17.2. The quantitative estimate of drug-likeness (QED) is 0.836. The molecule has 154 valence electrons. The van der Waals surface area contributed by atoms with Crippen LogP contribution in [0.2, 0.25) is 0 Å². The summed E-state index contributed by atoms with van der Waals surface area (Å²) in [5.74, 6) is 1.58. The highest BCUT2D eigenvalue weighted by Crippen LogP contribution is 2.28. The molecule has 1 atom stereocenters. The fourth-order valence-corrected chi connectivity index (χ4v) is 3.70. The fourth-order valence-electron chi connectivity index (χ4n) is 3.70. The lowest BCUT2D eigenvalue weighted by Gasteiger charge is -2.23. The predicted octanol–water partition coefficient (Wildman–Crippen LogP) is 2.64. The molecule has 1 saturated heterocycles. The second-order valence-electron chi connectivity index (χ2n) is 7.53. The molecule has 0 spiro atoms. The molecule has 1 aromatic heterocycles. The van der Waals surface area contributed by atoms with Crippen LogP contribution in [-0.4, -0.2) is 54.7 Å². The van der Waals surface area contributed by atoms with E-state index in [1.54, 1.807) is 24.1 Å². The molecule has 1 fully saturated rings. The van der Waals surface area contributed by atoms with Gasteiger partial charge in [0.05, 0.1) is 13.7 Å². The first kappa shape index (κ1) is 19.5. The number of methoxy groups -OCH3 is 1. The van der Waals surface area contributed by atoms with Crippen molar-refractivity contribution >= 4 is 5.91 Å². The number of fused-ring (bicyclic) bond motifs is 1. The van der Waals surface area contributed by atoms with Crippen molar-refractivity contribution in [1.82, 2.24) is 15.2 Å². The van der Waals surface area contributed by atoms with E-state index < -0.39 is 0 Å². The van der Waals surface area contributed by atoms with Crippen LogP contribution >= 0.6 is 0 Å². The third-order valence-electron chi connectivity index (χ3n) is 5.25. The molecule has 0 saturated carbocycles. The van der Waals surface area contributed by atoms with E-state index in [2.05, 4.69) is 10.3 Å². The van der Waals surface area contributed by atoms with E-state index in [9.17, 15) is 4.79 Å². The summed E-state index contributed by atoms with van der Waals surface area (Å²) in [6.07, 6.45) is 1.88. The number of aromatic nitrogens is 1. The Hall–Kier alpha value is -2.80. The first-order valence-corrected chi connectivity index (χ1v) is 10.1. The Kier molecular flexibility index (Phi) is 5.85. The van der Waals surface area contributed by atoms with Crippen LogP contribution in [0, 0.1) is 0 Å². The minimum Gasteiger partial charge on any atom is -0.497 e.